The summed E-state index contributed by atoms with van der Waals surface area (Å²) in [6.07, 6.45) is 0. The summed E-state index contributed by atoms with van der Waals surface area (Å²) in [6, 6.07) is 22.0. The van der Waals surface area contributed by atoms with Crippen molar-refractivity contribution in [2.45, 2.75) is 26.7 Å². The lowest BCUT2D eigenvalue weighted by molar-refractivity contribution is 0.859. The molecule has 3 aromatic rings. The van der Waals surface area contributed by atoms with E-state index >= 15 is 0 Å². The molecule has 0 spiro atoms. The Kier molecular flexibility index (Phi) is 6.03. The predicted molar refractivity (Wildman–Crippen MR) is 117 cm³/mol. The highest BCUT2D eigenvalue weighted by Gasteiger charge is 2.13. The van der Waals surface area contributed by atoms with Gasteiger partial charge in [0.1, 0.15) is 0 Å². The summed E-state index contributed by atoms with van der Waals surface area (Å²) in [5, 5.41) is 26.9. The number of nitrogens with one attached hydrogen (secondary N) is 2. The first-order valence-corrected chi connectivity index (χ1v) is 9.18. The summed E-state index contributed by atoms with van der Waals surface area (Å²) in [6.45, 7) is 5.80. The van der Waals surface area contributed by atoms with E-state index in [4.69, 9.17) is 0 Å². The Morgan fingerprint density at radius 2 is 1.18 bits per heavy atom. The summed E-state index contributed by atoms with van der Waals surface area (Å²) in [5.74, 6) is 0.0634. The third-order valence-electron chi connectivity index (χ3n) is 4.41. The second kappa shape index (κ2) is 8.65. The van der Waals surface area contributed by atoms with E-state index in [-0.39, 0.29) is 5.92 Å². The summed E-state index contributed by atoms with van der Waals surface area (Å²) in [5.41, 5.74) is 9.52. The average molecular weight is 376 g/mol. The molecule has 6 heteroatoms. The van der Waals surface area contributed by atoms with Crippen LogP contribution < -0.4 is 21.2 Å². The number of hydrazine groups is 2. The topological polar surface area (TPSA) is 76.7 Å². The SMILES string of the molecule is Cc1cc(N([O-])Nc2ccccc2)c(C(C)C)cc1N([O-])Nc1ccccc1. The standard InChI is InChI=1S/C22H24N4O2/c1-16(2)20-15-21(25(27)23-18-10-6-4-7-11-18)17(3)14-22(20)26(28)24-19-12-8-5-9-13-19/h4-16,23-24H,1-3H3/q-2. The maximum Gasteiger partial charge on any atom is 0.0533 e. The first kappa shape index (κ1) is 19.5. The Hall–Kier alpha value is -3.22. The van der Waals surface area contributed by atoms with Crippen molar-refractivity contribution in [1.29, 1.82) is 0 Å². The fourth-order valence-electron chi connectivity index (χ4n) is 2.93. The molecule has 0 aliphatic heterocycles. The molecule has 0 unspecified atom stereocenters. The van der Waals surface area contributed by atoms with Crippen molar-refractivity contribution in [3.05, 3.63) is 94.3 Å². The van der Waals surface area contributed by atoms with Gasteiger partial charge >= 0.3 is 0 Å². The monoisotopic (exact) mass is 376 g/mol. The molecule has 0 radical (unpaired) electrons. The average Bonchev–Trinajstić information content (AvgIpc) is 2.69. The number of hydrogen-bond donors (Lipinski definition) is 2. The molecule has 0 aromatic heterocycles. The number of benzene rings is 3. The lowest BCUT2D eigenvalue weighted by Gasteiger charge is -2.38. The summed E-state index contributed by atoms with van der Waals surface area (Å²) in [4.78, 5) is 0. The van der Waals surface area contributed by atoms with Gasteiger partial charge in [0.25, 0.3) is 0 Å². The highest BCUT2D eigenvalue weighted by atomic mass is 16.5. The van der Waals surface area contributed by atoms with Gasteiger partial charge in [-0.05, 0) is 60.4 Å². The van der Waals surface area contributed by atoms with Crippen LogP contribution >= 0.6 is 0 Å². The van der Waals surface area contributed by atoms with Gasteiger partial charge in [0.2, 0.25) is 0 Å². The van der Waals surface area contributed by atoms with E-state index in [0.29, 0.717) is 28.3 Å². The van der Waals surface area contributed by atoms with Crippen molar-refractivity contribution >= 4 is 22.7 Å². The third kappa shape index (κ3) is 4.54. The number of hydrogen-bond acceptors (Lipinski definition) is 6. The smallest absolute Gasteiger partial charge is 0.0533 e. The minimum Gasteiger partial charge on any atom is -0.739 e. The van der Waals surface area contributed by atoms with Crippen LogP contribution in [0.4, 0.5) is 22.7 Å². The van der Waals surface area contributed by atoms with Crippen molar-refractivity contribution in [2.75, 3.05) is 21.2 Å². The molecule has 3 rings (SSSR count). The Bertz CT molecular complexity index is 901. The number of anilines is 4. The van der Waals surface area contributed by atoms with Gasteiger partial charge in [0.15, 0.2) is 0 Å². The fraction of sp³-hybridized carbons (Fsp3) is 0.182. The second-order valence-electron chi connectivity index (χ2n) is 6.90. The molecule has 0 saturated carbocycles. The summed E-state index contributed by atoms with van der Waals surface area (Å²) >= 11 is 0. The zero-order valence-electron chi connectivity index (χ0n) is 16.2. The number of aryl methyl sites for hydroxylation is 1. The fourth-order valence-corrected chi connectivity index (χ4v) is 2.93. The highest BCUT2D eigenvalue weighted by molar-refractivity contribution is 5.70. The molecule has 0 atom stereocenters. The Balaban J connectivity index is 1.89. The van der Waals surface area contributed by atoms with E-state index in [1.807, 2.05) is 81.4 Å². The van der Waals surface area contributed by atoms with Crippen LogP contribution in [0.5, 0.6) is 0 Å². The van der Waals surface area contributed by atoms with Gasteiger partial charge in [-0.15, -0.1) is 0 Å². The number of nitrogens with zero attached hydrogens (tertiary/aromatic N) is 2. The maximum atomic E-state index is 12.8. The van der Waals surface area contributed by atoms with Gasteiger partial charge in [-0.3, -0.25) is 0 Å². The number of para-hydroxylation sites is 2. The van der Waals surface area contributed by atoms with Crippen LogP contribution in [0.25, 0.3) is 0 Å². The van der Waals surface area contributed by atoms with E-state index in [0.717, 1.165) is 15.9 Å². The van der Waals surface area contributed by atoms with Gasteiger partial charge in [-0.1, -0.05) is 50.2 Å². The zero-order chi connectivity index (χ0) is 20.1. The van der Waals surface area contributed by atoms with Gasteiger partial charge in [-0.25, -0.2) is 0 Å². The number of rotatable bonds is 7. The molecular weight excluding hydrogens is 352 g/mol. The Morgan fingerprint density at radius 3 is 1.64 bits per heavy atom. The van der Waals surface area contributed by atoms with Crippen molar-refractivity contribution in [2.24, 2.45) is 0 Å². The zero-order valence-corrected chi connectivity index (χ0v) is 16.2. The van der Waals surface area contributed by atoms with Crippen molar-refractivity contribution < 1.29 is 0 Å². The normalized spacial score (nSPS) is 10.6. The van der Waals surface area contributed by atoms with E-state index in [1.165, 1.54) is 0 Å². The molecule has 0 heterocycles. The molecule has 6 nitrogen and oxygen atoms in total. The van der Waals surface area contributed by atoms with Crippen LogP contribution in [0, 0.1) is 17.3 Å². The molecule has 2 N–H and O–H groups in total. The van der Waals surface area contributed by atoms with E-state index in [9.17, 15) is 10.4 Å². The van der Waals surface area contributed by atoms with E-state index < -0.39 is 0 Å². The first-order chi connectivity index (χ1) is 13.5. The van der Waals surface area contributed by atoms with Crippen molar-refractivity contribution in [1.82, 2.24) is 0 Å². The lowest BCUT2D eigenvalue weighted by Crippen LogP contribution is -2.26. The largest absolute Gasteiger partial charge is 0.739 e. The molecule has 28 heavy (non-hydrogen) atoms. The quantitative estimate of drug-likeness (QED) is 0.509. The van der Waals surface area contributed by atoms with Crippen LogP contribution in [-0.2, 0) is 0 Å². The maximum absolute atomic E-state index is 12.8. The first-order valence-electron chi connectivity index (χ1n) is 9.18. The van der Waals surface area contributed by atoms with Crippen LogP contribution in [-0.4, -0.2) is 0 Å². The lowest BCUT2D eigenvalue weighted by atomic mass is 9.98. The van der Waals surface area contributed by atoms with Crippen LogP contribution in [0.15, 0.2) is 72.8 Å². The molecule has 0 fully saturated rings. The van der Waals surface area contributed by atoms with Crippen LogP contribution in [0.2, 0.25) is 0 Å². The van der Waals surface area contributed by atoms with Crippen molar-refractivity contribution in [3.63, 3.8) is 0 Å². The van der Waals surface area contributed by atoms with Gasteiger partial charge in [0, 0.05) is 11.4 Å². The van der Waals surface area contributed by atoms with Crippen molar-refractivity contribution in [3.8, 4) is 0 Å². The highest BCUT2D eigenvalue weighted by Crippen LogP contribution is 2.34. The molecule has 0 aliphatic carbocycles. The molecule has 0 bridgehead atoms. The molecule has 0 amide bonds. The molecule has 3 aromatic carbocycles. The third-order valence-corrected chi connectivity index (χ3v) is 4.41. The van der Waals surface area contributed by atoms with Crippen LogP contribution in [0.1, 0.15) is 30.9 Å². The van der Waals surface area contributed by atoms with E-state index in [2.05, 4.69) is 10.9 Å². The summed E-state index contributed by atoms with van der Waals surface area (Å²) in [7, 11) is 0. The van der Waals surface area contributed by atoms with Gasteiger partial charge in [0.05, 0.1) is 11.4 Å². The predicted octanol–water partition coefficient (Wildman–Crippen LogP) is 5.78. The Morgan fingerprint density at radius 1 is 0.714 bits per heavy atom. The Labute approximate surface area is 165 Å². The van der Waals surface area contributed by atoms with Crippen LogP contribution in [0.3, 0.4) is 0 Å². The van der Waals surface area contributed by atoms with Gasteiger partial charge in [-0.2, -0.15) is 0 Å². The minimum atomic E-state index is 0.0634. The molecular formula is C22H24N4O2-2. The second-order valence-corrected chi connectivity index (χ2v) is 6.90. The molecule has 0 aliphatic rings. The summed E-state index contributed by atoms with van der Waals surface area (Å²) < 4.78 is 0. The van der Waals surface area contributed by atoms with Gasteiger partial charge < -0.3 is 31.6 Å². The molecule has 146 valence electrons. The van der Waals surface area contributed by atoms with E-state index in [1.54, 1.807) is 12.1 Å². The molecule has 0 saturated heterocycles. The minimum absolute atomic E-state index is 0.0634.